The number of anilines is 1. The van der Waals surface area contributed by atoms with Gasteiger partial charge in [-0.1, -0.05) is 29.8 Å². The van der Waals surface area contributed by atoms with Crippen molar-refractivity contribution in [1.29, 1.82) is 0 Å². The molecule has 0 aromatic heterocycles. The van der Waals surface area contributed by atoms with E-state index in [0.717, 1.165) is 22.6 Å². The van der Waals surface area contributed by atoms with Gasteiger partial charge in [-0.25, -0.2) is 4.90 Å². The largest absolute Gasteiger partial charge is 0.573 e. The first-order valence-corrected chi connectivity index (χ1v) is 9.63. The van der Waals surface area contributed by atoms with Gasteiger partial charge in [0.25, 0.3) is 11.8 Å². The van der Waals surface area contributed by atoms with Crippen LogP contribution in [0.4, 0.5) is 18.9 Å². The topological polar surface area (TPSA) is 59.1 Å². The van der Waals surface area contributed by atoms with Crippen molar-refractivity contribution in [2.24, 2.45) is 0 Å². The maximum atomic E-state index is 13.3. The Morgan fingerprint density at radius 1 is 0.903 bits per heavy atom. The molecule has 0 aliphatic carbocycles. The second-order valence-corrected chi connectivity index (χ2v) is 7.18. The van der Waals surface area contributed by atoms with Crippen LogP contribution in [0, 0.1) is 6.92 Å². The van der Waals surface area contributed by atoms with E-state index in [1.54, 1.807) is 12.1 Å². The predicted molar refractivity (Wildman–Crippen MR) is 106 cm³/mol. The van der Waals surface area contributed by atoms with Gasteiger partial charge in [0.2, 0.25) is 0 Å². The Hall–Kier alpha value is -3.33. The SMILES string of the molecule is Cc1ccc(C2=C(N3CCOCC3)C(=O)N(c3ccc(OC(F)(F)F)cc3)C2=O)cc1. The van der Waals surface area contributed by atoms with Gasteiger partial charge in [-0.3, -0.25) is 9.59 Å². The first-order chi connectivity index (χ1) is 14.7. The van der Waals surface area contributed by atoms with E-state index in [-0.39, 0.29) is 17.0 Å². The lowest BCUT2D eigenvalue weighted by atomic mass is 10.0. The number of aryl methyl sites for hydroxylation is 1. The number of carbonyl (C=O) groups excluding carboxylic acids is 2. The minimum atomic E-state index is -4.83. The van der Waals surface area contributed by atoms with Crippen LogP contribution in [0.2, 0.25) is 0 Å². The summed E-state index contributed by atoms with van der Waals surface area (Å²) >= 11 is 0. The zero-order valence-corrected chi connectivity index (χ0v) is 16.6. The van der Waals surface area contributed by atoms with Gasteiger partial charge < -0.3 is 14.4 Å². The second kappa shape index (κ2) is 8.07. The summed E-state index contributed by atoms with van der Waals surface area (Å²) in [5.74, 6) is -1.48. The van der Waals surface area contributed by atoms with E-state index in [1.165, 1.54) is 12.1 Å². The van der Waals surface area contributed by atoms with Crippen LogP contribution >= 0.6 is 0 Å². The third-order valence-electron chi connectivity index (χ3n) is 5.06. The first-order valence-electron chi connectivity index (χ1n) is 9.63. The highest BCUT2D eigenvalue weighted by molar-refractivity contribution is 6.45. The van der Waals surface area contributed by atoms with Crippen molar-refractivity contribution >= 4 is 23.1 Å². The van der Waals surface area contributed by atoms with E-state index in [4.69, 9.17) is 4.74 Å². The Morgan fingerprint density at radius 3 is 2.10 bits per heavy atom. The van der Waals surface area contributed by atoms with Gasteiger partial charge in [-0.15, -0.1) is 13.2 Å². The lowest BCUT2D eigenvalue weighted by Gasteiger charge is -2.29. The normalized spacial score (nSPS) is 17.5. The molecule has 2 aromatic carbocycles. The number of morpholine rings is 1. The smallest absolute Gasteiger partial charge is 0.406 e. The van der Waals surface area contributed by atoms with E-state index in [9.17, 15) is 22.8 Å². The molecule has 6 nitrogen and oxygen atoms in total. The maximum Gasteiger partial charge on any atom is 0.573 e. The summed E-state index contributed by atoms with van der Waals surface area (Å²) in [7, 11) is 0. The standard InChI is InChI=1S/C22H19F3N2O4/c1-14-2-4-15(5-3-14)18-19(26-10-12-30-13-11-26)21(29)27(20(18)28)16-6-8-17(9-7-16)31-22(23,24)25/h2-9H,10-13H2,1H3. The van der Waals surface area contributed by atoms with E-state index in [1.807, 2.05) is 24.0 Å². The number of ether oxygens (including phenoxy) is 2. The van der Waals surface area contributed by atoms with Crippen LogP contribution in [0.3, 0.4) is 0 Å². The van der Waals surface area contributed by atoms with Gasteiger partial charge in [0.1, 0.15) is 11.4 Å². The number of rotatable bonds is 4. The molecule has 0 radical (unpaired) electrons. The van der Waals surface area contributed by atoms with Gasteiger partial charge in [-0.05, 0) is 36.8 Å². The Bertz CT molecular complexity index is 1020. The Kier molecular flexibility index (Phi) is 5.45. The van der Waals surface area contributed by atoms with Gasteiger partial charge in [0.15, 0.2) is 0 Å². The molecule has 31 heavy (non-hydrogen) atoms. The van der Waals surface area contributed by atoms with E-state index >= 15 is 0 Å². The van der Waals surface area contributed by atoms with Crippen LogP contribution in [0.1, 0.15) is 11.1 Å². The lowest BCUT2D eigenvalue weighted by molar-refractivity contribution is -0.274. The van der Waals surface area contributed by atoms with Crippen molar-refractivity contribution < 1.29 is 32.2 Å². The quantitative estimate of drug-likeness (QED) is 0.693. The molecular formula is C22H19F3N2O4. The molecule has 1 saturated heterocycles. The van der Waals surface area contributed by atoms with Crippen molar-refractivity contribution in [3.05, 3.63) is 65.4 Å². The third-order valence-corrected chi connectivity index (χ3v) is 5.06. The van der Waals surface area contributed by atoms with E-state index in [0.29, 0.717) is 31.9 Å². The van der Waals surface area contributed by atoms with Gasteiger partial charge >= 0.3 is 6.36 Å². The molecule has 0 saturated carbocycles. The fourth-order valence-electron chi connectivity index (χ4n) is 3.61. The van der Waals surface area contributed by atoms with Crippen LogP contribution in [-0.2, 0) is 14.3 Å². The van der Waals surface area contributed by atoms with Crippen LogP contribution in [0.15, 0.2) is 54.2 Å². The summed E-state index contributed by atoms with van der Waals surface area (Å²) in [5.41, 5.74) is 2.31. The lowest BCUT2D eigenvalue weighted by Crippen LogP contribution is -2.40. The second-order valence-electron chi connectivity index (χ2n) is 7.18. The van der Waals surface area contributed by atoms with Crippen molar-refractivity contribution in [1.82, 2.24) is 4.90 Å². The number of carbonyl (C=O) groups is 2. The number of benzene rings is 2. The fraction of sp³-hybridized carbons (Fsp3) is 0.273. The third kappa shape index (κ3) is 4.27. The van der Waals surface area contributed by atoms with Crippen LogP contribution in [0.5, 0.6) is 5.75 Å². The van der Waals surface area contributed by atoms with Gasteiger partial charge in [-0.2, -0.15) is 0 Å². The minimum absolute atomic E-state index is 0.164. The van der Waals surface area contributed by atoms with Gasteiger partial charge in [0.05, 0.1) is 24.5 Å². The Balaban J connectivity index is 1.71. The molecule has 0 N–H and O–H groups in total. The minimum Gasteiger partial charge on any atom is -0.406 e. The number of amides is 2. The highest BCUT2D eigenvalue weighted by atomic mass is 19.4. The summed E-state index contributed by atoms with van der Waals surface area (Å²) in [6.45, 7) is 3.68. The summed E-state index contributed by atoms with van der Waals surface area (Å²) in [5, 5.41) is 0. The number of hydrogen-bond donors (Lipinski definition) is 0. The first kappa shape index (κ1) is 20.9. The number of alkyl halides is 3. The van der Waals surface area contributed by atoms with E-state index in [2.05, 4.69) is 4.74 Å². The van der Waals surface area contributed by atoms with Crippen LogP contribution in [-0.4, -0.2) is 49.4 Å². The summed E-state index contributed by atoms with van der Waals surface area (Å²) in [6, 6.07) is 11.9. The maximum absolute atomic E-state index is 13.3. The summed E-state index contributed by atoms with van der Waals surface area (Å²) in [6.07, 6.45) is -4.83. The molecule has 2 aliphatic rings. The van der Waals surface area contributed by atoms with Crippen molar-refractivity contribution in [2.45, 2.75) is 13.3 Å². The molecule has 9 heteroatoms. The predicted octanol–water partition coefficient (Wildman–Crippen LogP) is 3.51. The summed E-state index contributed by atoms with van der Waals surface area (Å²) in [4.78, 5) is 29.5. The van der Waals surface area contributed by atoms with Crippen LogP contribution in [0.25, 0.3) is 5.57 Å². The molecule has 4 rings (SSSR count). The number of halogens is 3. The van der Waals surface area contributed by atoms with Gasteiger partial charge in [0, 0.05) is 13.1 Å². The zero-order valence-electron chi connectivity index (χ0n) is 16.6. The Labute approximate surface area is 176 Å². The average Bonchev–Trinajstić information content (AvgIpc) is 2.99. The molecule has 2 aromatic rings. The zero-order chi connectivity index (χ0) is 22.2. The monoisotopic (exact) mass is 432 g/mol. The molecule has 162 valence electrons. The Morgan fingerprint density at radius 2 is 1.52 bits per heavy atom. The van der Waals surface area contributed by atoms with Crippen molar-refractivity contribution in [3.8, 4) is 5.75 Å². The number of imide groups is 1. The average molecular weight is 432 g/mol. The molecule has 2 aliphatic heterocycles. The molecule has 2 heterocycles. The van der Waals surface area contributed by atoms with Crippen molar-refractivity contribution in [2.75, 3.05) is 31.2 Å². The molecule has 0 atom stereocenters. The van der Waals surface area contributed by atoms with Crippen LogP contribution < -0.4 is 9.64 Å². The fourth-order valence-corrected chi connectivity index (χ4v) is 3.61. The molecule has 0 unspecified atom stereocenters. The van der Waals surface area contributed by atoms with Crippen molar-refractivity contribution in [3.63, 3.8) is 0 Å². The van der Waals surface area contributed by atoms with E-state index < -0.39 is 23.9 Å². The molecule has 1 fully saturated rings. The molecule has 0 spiro atoms. The highest BCUT2D eigenvalue weighted by Gasteiger charge is 2.42. The molecule has 2 amide bonds. The number of hydrogen-bond acceptors (Lipinski definition) is 5. The molecular weight excluding hydrogens is 413 g/mol. The summed E-state index contributed by atoms with van der Waals surface area (Å²) < 4.78 is 46.5. The highest BCUT2D eigenvalue weighted by Crippen LogP contribution is 2.36. The number of nitrogens with zero attached hydrogens (tertiary/aromatic N) is 2. The molecule has 0 bridgehead atoms.